The summed E-state index contributed by atoms with van der Waals surface area (Å²) in [6.07, 6.45) is 0.873. The monoisotopic (exact) mass is 381 g/mol. The Labute approximate surface area is 150 Å². The smallest absolute Gasteiger partial charge is 0.306 e. The lowest BCUT2D eigenvalue weighted by atomic mass is 10.2. The number of amides is 4. The van der Waals surface area contributed by atoms with E-state index >= 15 is 0 Å². The van der Waals surface area contributed by atoms with Crippen LogP contribution in [0, 0.1) is 6.92 Å². The maximum Gasteiger partial charge on any atom is 0.343 e. The molecule has 0 aliphatic rings. The fourth-order valence-corrected chi connectivity index (χ4v) is 3.04. The third-order valence-corrected chi connectivity index (χ3v) is 4.50. The third-order valence-electron chi connectivity index (χ3n) is 3.13. The fraction of sp³-hybridized carbons (Fsp3) is 0.125. The number of benzene rings is 2. The predicted molar refractivity (Wildman–Crippen MR) is 97.5 cm³/mol. The predicted octanol–water partition coefficient (Wildman–Crippen LogP) is 3.36. The molecule has 0 saturated carbocycles. The molecule has 2 aromatic carbocycles. The summed E-state index contributed by atoms with van der Waals surface area (Å²) in [4.78, 5) is 24.3. The van der Waals surface area contributed by atoms with E-state index in [1.165, 1.54) is 12.1 Å². The van der Waals surface area contributed by atoms with Gasteiger partial charge in [-0.2, -0.15) is 4.31 Å². The zero-order valence-corrected chi connectivity index (χ0v) is 15.1. The van der Waals surface area contributed by atoms with E-state index in [-0.39, 0.29) is 16.4 Å². The number of halogens is 1. The Morgan fingerprint density at radius 1 is 1.04 bits per heavy atom. The Bertz CT molecular complexity index is 898. The van der Waals surface area contributed by atoms with Gasteiger partial charge in [0.1, 0.15) is 0 Å². The molecule has 0 spiro atoms. The van der Waals surface area contributed by atoms with Crippen LogP contribution in [0.2, 0.25) is 5.02 Å². The van der Waals surface area contributed by atoms with Gasteiger partial charge in [0.2, 0.25) is 10.0 Å². The van der Waals surface area contributed by atoms with Gasteiger partial charge in [-0.15, -0.1) is 0 Å². The van der Waals surface area contributed by atoms with Crippen LogP contribution < -0.4 is 14.9 Å². The number of rotatable bonds is 3. The second-order valence-electron chi connectivity index (χ2n) is 5.23. The van der Waals surface area contributed by atoms with Gasteiger partial charge in [0, 0.05) is 0 Å². The summed E-state index contributed by atoms with van der Waals surface area (Å²) in [6.45, 7) is 1.83. The molecule has 0 radical (unpaired) electrons. The van der Waals surface area contributed by atoms with Crippen molar-refractivity contribution in [2.24, 2.45) is 0 Å². The zero-order chi connectivity index (χ0) is 18.6. The lowest BCUT2D eigenvalue weighted by Gasteiger charge is -2.20. The Morgan fingerprint density at radius 2 is 1.64 bits per heavy atom. The minimum atomic E-state index is -3.94. The van der Waals surface area contributed by atoms with Crippen molar-refractivity contribution in [3.63, 3.8) is 0 Å². The average molecular weight is 382 g/mol. The molecule has 2 N–H and O–H groups in total. The number of hydrogen-bond donors (Lipinski definition) is 2. The van der Waals surface area contributed by atoms with Crippen LogP contribution in [0.5, 0.6) is 0 Å². The van der Waals surface area contributed by atoms with Gasteiger partial charge in [-0.3, -0.25) is 5.32 Å². The van der Waals surface area contributed by atoms with E-state index in [1.54, 1.807) is 36.4 Å². The van der Waals surface area contributed by atoms with Crippen molar-refractivity contribution in [1.29, 1.82) is 0 Å². The summed E-state index contributed by atoms with van der Waals surface area (Å²) in [5.41, 5.74) is 1.31. The molecule has 0 saturated heterocycles. The van der Waals surface area contributed by atoms with Crippen LogP contribution in [0.1, 0.15) is 5.56 Å². The quantitative estimate of drug-likeness (QED) is 0.852. The highest BCUT2D eigenvalue weighted by atomic mass is 35.5. The number of para-hydroxylation sites is 1. The number of hydrogen-bond acceptors (Lipinski definition) is 4. The molecule has 0 aliphatic heterocycles. The number of carbonyl (C=O) groups excluding carboxylic acids is 2. The summed E-state index contributed by atoms with van der Waals surface area (Å²) in [5.74, 6) is 0. The molecule has 4 amide bonds. The summed E-state index contributed by atoms with van der Waals surface area (Å²) >= 11 is 5.92. The van der Waals surface area contributed by atoms with E-state index in [0.29, 0.717) is 4.31 Å². The molecule has 25 heavy (non-hydrogen) atoms. The molecule has 2 rings (SSSR count). The van der Waals surface area contributed by atoms with Crippen LogP contribution in [-0.2, 0) is 10.0 Å². The molecule has 0 aromatic heterocycles. The Kier molecular flexibility index (Phi) is 5.66. The highest BCUT2D eigenvalue weighted by Gasteiger charge is 2.26. The largest absolute Gasteiger partial charge is 0.343 e. The highest BCUT2D eigenvalue weighted by molar-refractivity contribution is 7.92. The first-order chi connectivity index (χ1) is 11.7. The average Bonchev–Trinajstić information content (AvgIpc) is 2.50. The Morgan fingerprint density at radius 3 is 2.20 bits per heavy atom. The SMILES string of the molecule is Cc1ccc(N(C(=O)NC(=O)Nc2ccccc2Cl)S(C)(=O)=O)cc1. The molecule has 132 valence electrons. The zero-order valence-electron chi connectivity index (χ0n) is 13.5. The van der Waals surface area contributed by atoms with Gasteiger partial charge in [-0.05, 0) is 31.2 Å². The van der Waals surface area contributed by atoms with E-state index < -0.39 is 22.1 Å². The van der Waals surface area contributed by atoms with Gasteiger partial charge in [0.05, 0.1) is 22.7 Å². The van der Waals surface area contributed by atoms with Crippen LogP contribution in [0.3, 0.4) is 0 Å². The topological polar surface area (TPSA) is 95.6 Å². The van der Waals surface area contributed by atoms with Gasteiger partial charge in [0.15, 0.2) is 0 Å². The Hall–Kier alpha value is -2.58. The summed E-state index contributed by atoms with van der Waals surface area (Å²) in [7, 11) is -3.94. The fourth-order valence-electron chi connectivity index (χ4n) is 2.00. The minimum Gasteiger partial charge on any atom is -0.306 e. The molecule has 0 unspecified atom stereocenters. The van der Waals surface area contributed by atoms with Crippen molar-refractivity contribution in [2.75, 3.05) is 15.9 Å². The molecule has 0 fully saturated rings. The molecule has 0 bridgehead atoms. The van der Waals surface area contributed by atoms with E-state index in [4.69, 9.17) is 11.6 Å². The molecular weight excluding hydrogens is 366 g/mol. The van der Waals surface area contributed by atoms with Crippen molar-refractivity contribution < 1.29 is 18.0 Å². The Balaban J connectivity index is 2.19. The molecule has 2 aromatic rings. The molecular formula is C16H16ClN3O4S. The first kappa shape index (κ1) is 18.8. The van der Waals surface area contributed by atoms with Gasteiger partial charge in [-0.1, -0.05) is 41.4 Å². The van der Waals surface area contributed by atoms with Gasteiger partial charge in [0.25, 0.3) is 0 Å². The summed E-state index contributed by atoms with van der Waals surface area (Å²) in [6, 6.07) is 10.7. The lowest BCUT2D eigenvalue weighted by Crippen LogP contribution is -2.47. The van der Waals surface area contributed by atoms with E-state index in [1.807, 2.05) is 12.2 Å². The van der Waals surface area contributed by atoms with Crippen LogP contribution >= 0.6 is 11.6 Å². The van der Waals surface area contributed by atoms with Gasteiger partial charge in [-0.25, -0.2) is 18.0 Å². The van der Waals surface area contributed by atoms with E-state index in [2.05, 4.69) is 5.32 Å². The molecule has 9 heteroatoms. The number of sulfonamides is 1. The number of imide groups is 1. The maximum absolute atomic E-state index is 12.3. The normalized spacial score (nSPS) is 10.8. The molecule has 0 aliphatic carbocycles. The summed E-state index contributed by atoms with van der Waals surface area (Å²) in [5, 5.41) is 4.64. The van der Waals surface area contributed by atoms with Crippen molar-refractivity contribution >= 4 is 45.1 Å². The van der Waals surface area contributed by atoms with Crippen LogP contribution in [-0.4, -0.2) is 26.7 Å². The van der Waals surface area contributed by atoms with Gasteiger partial charge < -0.3 is 5.32 Å². The number of anilines is 2. The van der Waals surface area contributed by atoms with Crippen LogP contribution in [0.25, 0.3) is 0 Å². The number of nitrogens with zero attached hydrogens (tertiary/aromatic N) is 1. The number of aryl methyl sites for hydroxylation is 1. The lowest BCUT2D eigenvalue weighted by molar-refractivity contribution is 0.238. The van der Waals surface area contributed by atoms with Crippen LogP contribution in [0.15, 0.2) is 48.5 Å². The minimum absolute atomic E-state index is 0.121. The van der Waals surface area contributed by atoms with Crippen molar-refractivity contribution in [1.82, 2.24) is 5.32 Å². The second-order valence-corrected chi connectivity index (χ2v) is 7.47. The van der Waals surface area contributed by atoms with Crippen molar-refractivity contribution in [3.8, 4) is 0 Å². The second kappa shape index (κ2) is 7.54. The number of carbonyl (C=O) groups is 2. The van der Waals surface area contributed by atoms with Crippen molar-refractivity contribution in [3.05, 3.63) is 59.1 Å². The van der Waals surface area contributed by atoms with Gasteiger partial charge >= 0.3 is 12.1 Å². The van der Waals surface area contributed by atoms with Crippen LogP contribution in [0.4, 0.5) is 21.0 Å². The molecule has 0 heterocycles. The maximum atomic E-state index is 12.3. The molecule has 7 nitrogen and oxygen atoms in total. The van der Waals surface area contributed by atoms with E-state index in [9.17, 15) is 18.0 Å². The van der Waals surface area contributed by atoms with E-state index in [0.717, 1.165) is 11.8 Å². The van der Waals surface area contributed by atoms with Crippen molar-refractivity contribution in [2.45, 2.75) is 6.92 Å². The molecule has 0 atom stereocenters. The third kappa shape index (κ3) is 4.94. The highest BCUT2D eigenvalue weighted by Crippen LogP contribution is 2.21. The summed E-state index contributed by atoms with van der Waals surface area (Å²) < 4.78 is 24.4. The first-order valence-corrected chi connectivity index (χ1v) is 9.34. The standard InChI is InChI=1S/C16H16ClN3O4S/c1-11-7-9-12(10-8-11)20(25(2,23)24)16(22)19-15(21)18-14-6-4-3-5-13(14)17/h3-10H,1-2H3,(H2,18,19,21,22). The number of urea groups is 2. The first-order valence-electron chi connectivity index (χ1n) is 7.12. The number of nitrogens with one attached hydrogen (secondary N) is 2.